The van der Waals surface area contributed by atoms with Gasteiger partial charge >= 0.3 is 5.97 Å². The Kier molecular flexibility index (Phi) is 5.25. The largest absolute Gasteiger partial charge is 0.494 e. The number of nitrogens with two attached hydrogens (primary N) is 1. The second-order valence-corrected chi connectivity index (χ2v) is 8.71. The minimum Gasteiger partial charge on any atom is -0.494 e. The van der Waals surface area contributed by atoms with Crippen molar-refractivity contribution in [3.05, 3.63) is 64.8 Å². The summed E-state index contributed by atoms with van der Waals surface area (Å²) >= 11 is 0. The standard InChI is InChI=1S/C25H27NO5/c1-5-30-17-11-10-14-8-6-7-9-15(14)19(17)21-20-16(27)12-25(2,3)13-18(20)31-23(26)22(21)24(28)29-4/h6-11,21H,5,12-13,26H2,1-4H3. The second kappa shape index (κ2) is 7.76. The van der Waals surface area contributed by atoms with Gasteiger partial charge in [0.05, 0.1) is 19.6 Å². The van der Waals surface area contributed by atoms with Crippen LogP contribution in [0.3, 0.4) is 0 Å². The Morgan fingerprint density at radius 2 is 1.94 bits per heavy atom. The molecule has 162 valence electrons. The van der Waals surface area contributed by atoms with Gasteiger partial charge in [-0.1, -0.05) is 44.2 Å². The molecule has 1 unspecified atom stereocenters. The SMILES string of the molecule is CCOc1ccc2ccccc2c1C1C(C(=O)OC)=C(N)OC2=C1C(=O)CC(C)(C)C2. The predicted octanol–water partition coefficient (Wildman–Crippen LogP) is 4.34. The summed E-state index contributed by atoms with van der Waals surface area (Å²) in [7, 11) is 1.29. The van der Waals surface area contributed by atoms with Crippen LogP contribution < -0.4 is 10.5 Å². The van der Waals surface area contributed by atoms with E-state index >= 15 is 0 Å². The first-order chi connectivity index (χ1) is 14.8. The van der Waals surface area contributed by atoms with Crippen LogP contribution in [0.25, 0.3) is 10.8 Å². The van der Waals surface area contributed by atoms with Crippen LogP contribution in [0.2, 0.25) is 0 Å². The van der Waals surface area contributed by atoms with Crippen LogP contribution >= 0.6 is 0 Å². The molecular weight excluding hydrogens is 394 g/mol. The van der Waals surface area contributed by atoms with Crippen molar-refractivity contribution in [1.82, 2.24) is 0 Å². The molecule has 0 bridgehead atoms. The van der Waals surface area contributed by atoms with E-state index in [1.54, 1.807) is 0 Å². The van der Waals surface area contributed by atoms with Crippen LogP contribution in [-0.4, -0.2) is 25.5 Å². The molecule has 0 aromatic heterocycles. The summed E-state index contributed by atoms with van der Waals surface area (Å²) in [6.07, 6.45) is 0.906. The first kappa shape index (κ1) is 21.0. The molecule has 0 amide bonds. The fourth-order valence-corrected chi connectivity index (χ4v) is 4.64. The number of fused-ring (bicyclic) bond motifs is 1. The summed E-state index contributed by atoms with van der Waals surface area (Å²) in [5, 5.41) is 1.86. The third-order valence-electron chi connectivity index (χ3n) is 5.88. The smallest absolute Gasteiger partial charge is 0.340 e. The molecular formula is C25H27NO5. The molecule has 0 fully saturated rings. The number of hydrogen-bond donors (Lipinski definition) is 1. The van der Waals surface area contributed by atoms with Crippen molar-refractivity contribution in [3.63, 3.8) is 0 Å². The second-order valence-electron chi connectivity index (χ2n) is 8.71. The summed E-state index contributed by atoms with van der Waals surface area (Å²) in [5.41, 5.74) is 7.33. The molecule has 0 saturated heterocycles. The van der Waals surface area contributed by atoms with Crippen LogP contribution in [0.4, 0.5) is 0 Å². The lowest BCUT2D eigenvalue weighted by atomic mass is 9.69. The van der Waals surface area contributed by atoms with E-state index in [1.807, 2.05) is 57.2 Å². The quantitative estimate of drug-likeness (QED) is 0.739. The van der Waals surface area contributed by atoms with Gasteiger partial charge in [0.15, 0.2) is 5.78 Å². The van der Waals surface area contributed by atoms with E-state index in [4.69, 9.17) is 19.9 Å². The van der Waals surface area contributed by atoms with Gasteiger partial charge in [0.25, 0.3) is 0 Å². The van der Waals surface area contributed by atoms with Crippen molar-refractivity contribution >= 4 is 22.5 Å². The number of allylic oxidation sites excluding steroid dienone is 2. The van der Waals surface area contributed by atoms with Crippen molar-refractivity contribution in [3.8, 4) is 5.75 Å². The van der Waals surface area contributed by atoms with E-state index in [-0.39, 0.29) is 22.7 Å². The van der Waals surface area contributed by atoms with Crippen LogP contribution in [0.15, 0.2) is 59.2 Å². The van der Waals surface area contributed by atoms with Crippen LogP contribution in [-0.2, 0) is 19.1 Å². The summed E-state index contributed by atoms with van der Waals surface area (Å²) < 4.78 is 16.9. The molecule has 1 aliphatic carbocycles. The first-order valence-corrected chi connectivity index (χ1v) is 10.4. The highest BCUT2D eigenvalue weighted by Gasteiger charge is 2.46. The van der Waals surface area contributed by atoms with E-state index < -0.39 is 11.9 Å². The third kappa shape index (κ3) is 3.56. The Hall–Kier alpha value is -3.28. The maximum Gasteiger partial charge on any atom is 0.340 e. The molecule has 2 aromatic carbocycles. The summed E-state index contributed by atoms with van der Waals surface area (Å²) in [5.74, 6) is -0.315. The molecule has 0 radical (unpaired) electrons. The Bertz CT molecular complexity index is 1140. The number of esters is 1. The molecule has 2 aliphatic rings. The highest BCUT2D eigenvalue weighted by atomic mass is 16.5. The molecule has 0 spiro atoms. The van der Waals surface area contributed by atoms with Crippen molar-refractivity contribution < 1.29 is 23.8 Å². The Morgan fingerprint density at radius 1 is 1.19 bits per heavy atom. The number of carbonyl (C=O) groups excluding carboxylic acids is 2. The molecule has 1 atom stereocenters. The van der Waals surface area contributed by atoms with E-state index in [1.165, 1.54) is 7.11 Å². The lowest BCUT2D eigenvalue weighted by molar-refractivity contribution is -0.136. The monoisotopic (exact) mass is 421 g/mol. The minimum absolute atomic E-state index is 0.0310. The van der Waals surface area contributed by atoms with Gasteiger partial charge in [0.2, 0.25) is 5.88 Å². The van der Waals surface area contributed by atoms with Gasteiger partial charge in [-0.15, -0.1) is 0 Å². The molecule has 2 N–H and O–H groups in total. The molecule has 6 heteroatoms. The number of rotatable bonds is 4. The Balaban J connectivity index is 2.06. The topological polar surface area (TPSA) is 87.8 Å². The number of hydrogen-bond acceptors (Lipinski definition) is 6. The zero-order valence-electron chi connectivity index (χ0n) is 18.3. The van der Waals surface area contributed by atoms with Gasteiger partial charge < -0.3 is 19.9 Å². The number of methoxy groups -OCH3 is 1. The van der Waals surface area contributed by atoms with Gasteiger partial charge in [0, 0.05) is 24.0 Å². The maximum atomic E-state index is 13.4. The van der Waals surface area contributed by atoms with Gasteiger partial charge in [-0.05, 0) is 29.2 Å². The van der Waals surface area contributed by atoms with Crippen molar-refractivity contribution in [1.29, 1.82) is 0 Å². The molecule has 1 aliphatic heterocycles. The molecule has 4 rings (SSSR count). The minimum atomic E-state index is -0.729. The Morgan fingerprint density at radius 3 is 2.65 bits per heavy atom. The van der Waals surface area contributed by atoms with Gasteiger partial charge in [-0.3, -0.25) is 4.79 Å². The lowest BCUT2D eigenvalue weighted by Crippen LogP contribution is -2.35. The van der Waals surface area contributed by atoms with E-state index in [0.717, 1.165) is 16.3 Å². The van der Waals surface area contributed by atoms with Gasteiger partial charge in [-0.2, -0.15) is 0 Å². The zero-order valence-corrected chi connectivity index (χ0v) is 18.3. The molecule has 1 heterocycles. The lowest BCUT2D eigenvalue weighted by Gasteiger charge is -2.38. The average Bonchev–Trinajstić information content (AvgIpc) is 2.71. The Labute approximate surface area is 181 Å². The zero-order chi connectivity index (χ0) is 22.3. The summed E-state index contributed by atoms with van der Waals surface area (Å²) in [6, 6.07) is 11.7. The molecule has 31 heavy (non-hydrogen) atoms. The van der Waals surface area contributed by atoms with Crippen LogP contribution in [0, 0.1) is 5.41 Å². The highest BCUT2D eigenvalue weighted by Crippen LogP contribution is 2.51. The molecule has 6 nitrogen and oxygen atoms in total. The van der Waals surface area contributed by atoms with Crippen molar-refractivity contribution in [2.45, 2.75) is 39.5 Å². The van der Waals surface area contributed by atoms with E-state index in [2.05, 4.69) is 0 Å². The first-order valence-electron chi connectivity index (χ1n) is 10.4. The van der Waals surface area contributed by atoms with Crippen molar-refractivity contribution in [2.75, 3.05) is 13.7 Å². The van der Waals surface area contributed by atoms with E-state index in [9.17, 15) is 9.59 Å². The van der Waals surface area contributed by atoms with E-state index in [0.29, 0.717) is 36.5 Å². The van der Waals surface area contributed by atoms with Crippen LogP contribution in [0.5, 0.6) is 5.75 Å². The molecule has 0 saturated carbocycles. The number of ketones is 1. The van der Waals surface area contributed by atoms with Gasteiger partial charge in [-0.25, -0.2) is 4.79 Å². The van der Waals surface area contributed by atoms with Crippen molar-refractivity contribution in [2.24, 2.45) is 11.1 Å². The highest BCUT2D eigenvalue weighted by molar-refractivity contribution is 6.05. The number of ether oxygens (including phenoxy) is 3. The molecule has 2 aromatic rings. The number of benzene rings is 2. The van der Waals surface area contributed by atoms with Gasteiger partial charge in [0.1, 0.15) is 17.1 Å². The third-order valence-corrected chi connectivity index (χ3v) is 5.88. The predicted molar refractivity (Wildman–Crippen MR) is 117 cm³/mol. The number of Topliss-reactive ketones (excluding diaryl/α,β-unsaturated/α-hetero) is 1. The fraction of sp³-hybridized carbons (Fsp3) is 0.360. The van der Waals surface area contributed by atoms with Crippen LogP contribution in [0.1, 0.15) is 45.1 Å². The summed E-state index contributed by atoms with van der Waals surface area (Å²) in [4.78, 5) is 26.3. The average molecular weight is 421 g/mol. The summed E-state index contributed by atoms with van der Waals surface area (Å²) in [6.45, 7) is 6.38. The maximum absolute atomic E-state index is 13.4. The normalized spacial score (nSPS) is 20.4. The number of carbonyl (C=O) groups is 2. The fourth-order valence-electron chi connectivity index (χ4n) is 4.64.